The van der Waals surface area contributed by atoms with E-state index in [9.17, 15) is 0 Å². The molecule has 0 spiro atoms. The lowest BCUT2D eigenvalue weighted by Gasteiger charge is -2.16. The lowest BCUT2D eigenvalue weighted by Crippen LogP contribution is -2.14. The summed E-state index contributed by atoms with van der Waals surface area (Å²) in [6.07, 6.45) is 0.644. The van der Waals surface area contributed by atoms with Crippen LogP contribution >= 0.6 is 23.2 Å². The Morgan fingerprint density at radius 1 is 1.15 bits per heavy atom. The van der Waals surface area contributed by atoms with Gasteiger partial charge in [0.15, 0.2) is 0 Å². The van der Waals surface area contributed by atoms with Gasteiger partial charge < -0.3 is 10.5 Å². The second-order valence-electron chi connectivity index (χ2n) is 4.79. The molecule has 0 aliphatic rings. The van der Waals surface area contributed by atoms with Crippen molar-refractivity contribution in [1.82, 2.24) is 0 Å². The number of aryl methyl sites for hydroxylation is 1. The minimum Gasteiger partial charge on any atom is -0.496 e. The van der Waals surface area contributed by atoms with E-state index in [1.54, 1.807) is 19.2 Å². The second-order valence-corrected chi connectivity index (χ2v) is 5.64. The standard InChI is InChI=1S/C16H17Cl2NO/c1-10-3-6-16(20-2)11(7-10)8-15(19)13-9-12(17)4-5-14(13)18/h3-7,9,15H,8,19H2,1-2H3. The molecular formula is C16H17Cl2NO. The van der Waals surface area contributed by atoms with Crippen LogP contribution < -0.4 is 10.5 Å². The van der Waals surface area contributed by atoms with E-state index in [4.69, 9.17) is 33.7 Å². The van der Waals surface area contributed by atoms with Crippen molar-refractivity contribution in [2.75, 3.05) is 7.11 Å². The van der Waals surface area contributed by atoms with E-state index in [0.29, 0.717) is 16.5 Å². The van der Waals surface area contributed by atoms with Crippen LogP contribution in [0.1, 0.15) is 22.7 Å². The highest BCUT2D eigenvalue weighted by molar-refractivity contribution is 6.33. The Morgan fingerprint density at radius 2 is 1.90 bits per heavy atom. The maximum absolute atomic E-state index is 6.27. The smallest absolute Gasteiger partial charge is 0.122 e. The summed E-state index contributed by atoms with van der Waals surface area (Å²) in [5.74, 6) is 0.837. The summed E-state index contributed by atoms with van der Waals surface area (Å²) in [6, 6.07) is 11.2. The lowest BCUT2D eigenvalue weighted by atomic mass is 9.98. The largest absolute Gasteiger partial charge is 0.496 e. The third-order valence-electron chi connectivity index (χ3n) is 3.23. The maximum Gasteiger partial charge on any atom is 0.122 e. The molecule has 0 aliphatic heterocycles. The average molecular weight is 310 g/mol. The Balaban J connectivity index is 2.29. The van der Waals surface area contributed by atoms with Crippen LogP contribution in [0.5, 0.6) is 5.75 Å². The number of methoxy groups -OCH3 is 1. The second kappa shape index (κ2) is 6.49. The molecule has 0 bridgehead atoms. The van der Waals surface area contributed by atoms with Crippen LogP contribution in [0, 0.1) is 6.92 Å². The molecule has 4 heteroatoms. The molecular weight excluding hydrogens is 293 g/mol. The van der Waals surface area contributed by atoms with Crippen molar-refractivity contribution in [3.05, 3.63) is 63.1 Å². The van der Waals surface area contributed by atoms with Gasteiger partial charge in [-0.1, -0.05) is 40.9 Å². The first kappa shape index (κ1) is 15.2. The van der Waals surface area contributed by atoms with Gasteiger partial charge in [0.05, 0.1) is 7.11 Å². The zero-order chi connectivity index (χ0) is 14.7. The molecule has 2 aromatic rings. The van der Waals surface area contributed by atoms with Gasteiger partial charge in [0, 0.05) is 16.1 Å². The summed E-state index contributed by atoms with van der Waals surface area (Å²) >= 11 is 12.2. The Hall–Kier alpha value is -1.22. The highest BCUT2D eigenvalue weighted by atomic mass is 35.5. The molecule has 0 aromatic heterocycles. The first-order chi connectivity index (χ1) is 9.51. The first-order valence-electron chi connectivity index (χ1n) is 6.35. The highest BCUT2D eigenvalue weighted by Gasteiger charge is 2.14. The third kappa shape index (κ3) is 3.45. The molecule has 2 aromatic carbocycles. The quantitative estimate of drug-likeness (QED) is 0.899. The predicted octanol–water partition coefficient (Wildman–Crippen LogP) is 4.55. The number of ether oxygens (including phenoxy) is 1. The molecule has 0 amide bonds. The minimum atomic E-state index is -0.225. The Morgan fingerprint density at radius 3 is 2.60 bits per heavy atom. The summed E-state index contributed by atoms with van der Waals surface area (Å²) in [5.41, 5.74) is 9.36. The van der Waals surface area contributed by atoms with E-state index < -0.39 is 0 Å². The summed E-state index contributed by atoms with van der Waals surface area (Å²) in [7, 11) is 1.66. The van der Waals surface area contributed by atoms with Crippen LogP contribution in [-0.2, 0) is 6.42 Å². The molecule has 0 fully saturated rings. The lowest BCUT2D eigenvalue weighted by molar-refractivity contribution is 0.408. The van der Waals surface area contributed by atoms with E-state index in [1.807, 2.05) is 25.1 Å². The Kier molecular flexibility index (Phi) is 4.92. The van der Waals surface area contributed by atoms with Crippen molar-refractivity contribution in [1.29, 1.82) is 0 Å². The van der Waals surface area contributed by atoms with Crippen LogP contribution in [0.3, 0.4) is 0 Å². The normalized spacial score (nSPS) is 12.2. The van der Waals surface area contributed by atoms with Crippen LogP contribution in [0.4, 0.5) is 0 Å². The van der Waals surface area contributed by atoms with E-state index in [-0.39, 0.29) is 6.04 Å². The van der Waals surface area contributed by atoms with Crippen LogP contribution in [0.2, 0.25) is 10.0 Å². The van der Waals surface area contributed by atoms with Crippen molar-refractivity contribution < 1.29 is 4.74 Å². The molecule has 0 saturated heterocycles. The fourth-order valence-corrected chi connectivity index (χ4v) is 2.65. The number of hydrogen-bond donors (Lipinski definition) is 1. The molecule has 2 nitrogen and oxygen atoms in total. The molecule has 106 valence electrons. The summed E-state index contributed by atoms with van der Waals surface area (Å²) in [4.78, 5) is 0. The van der Waals surface area contributed by atoms with E-state index in [0.717, 1.165) is 16.9 Å². The average Bonchev–Trinajstić information content (AvgIpc) is 2.41. The third-order valence-corrected chi connectivity index (χ3v) is 3.81. The van der Waals surface area contributed by atoms with Crippen molar-refractivity contribution in [2.24, 2.45) is 5.73 Å². The van der Waals surface area contributed by atoms with E-state index in [2.05, 4.69) is 6.07 Å². The summed E-state index contributed by atoms with van der Waals surface area (Å²) < 4.78 is 5.38. The molecule has 2 rings (SSSR count). The predicted molar refractivity (Wildman–Crippen MR) is 84.8 cm³/mol. The van der Waals surface area contributed by atoms with Crippen molar-refractivity contribution in [2.45, 2.75) is 19.4 Å². The fourth-order valence-electron chi connectivity index (χ4n) is 2.21. The summed E-state index contributed by atoms with van der Waals surface area (Å²) in [6.45, 7) is 2.04. The van der Waals surface area contributed by atoms with Crippen LogP contribution in [0.15, 0.2) is 36.4 Å². The van der Waals surface area contributed by atoms with Crippen LogP contribution in [0.25, 0.3) is 0 Å². The molecule has 20 heavy (non-hydrogen) atoms. The molecule has 0 aliphatic carbocycles. The number of rotatable bonds is 4. The van der Waals surface area contributed by atoms with Gasteiger partial charge in [-0.3, -0.25) is 0 Å². The monoisotopic (exact) mass is 309 g/mol. The zero-order valence-electron chi connectivity index (χ0n) is 11.5. The molecule has 0 radical (unpaired) electrons. The van der Waals surface area contributed by atoms with Gasteiger partial charge in [0.1, 0.15) is 5.75 Å². The first-order valence-corrected chi connectivity index (χ1v) is 7.11. The van der Waals surface area contributed by atoms with Gasteiger partial charge in [-0.2, -0.15) is 0 Å². The molecule has 0 saturated carbocycles. The van der Waals surface area contributed by atoms with Crippen molar-refractivity contribution in [3.63, 3.8) is 0 Å². The fraction of sp³-hybridized carbons (Fsp3) is 0.250. The molecule has 0 heterocycles. The minimum absolute atomic E-state index is 0.225. The maximum atomic E-state index is 6.27. The number of nitrogens with two attached hydrogens (primary N) is 1. The van der Waals surface area contributed by atoms with E-state index in [1.165, 1.54) is 5.56 Å². The van der Waals surface area contributed by atoms with Crippen LogP contribution in [-0.4, -0.2) is 7.11 Å². The van der Waals surface area contributed by atoms with Gasteiger partial charge in [-0.25, -0.2) is 0 Å². The topological polar surface area (TPSA) is 35.2 Å². The Labute approximate surface area is 129 Å². The van der Waals surface area contributed by atoms with E-state index >= 15 is 0 Å². The highest BCUT2D eigenvalue weighted by Crippen LogP contribution is 2.30. The zero-order valence-corrected chi connectivity index (χ0v) is 13.0. The SMILES string of the molecule is COc1ccc(C)cc1CC(N)c1cc(Cl)ccc1Cl. The van der Waals surface area contributed by atoms with Gasteiger partial charge in [0.25, 0.3) is 0 Å². The number of benzene rings is 2. The van der Waals surface area contributed by atoms with Gasteiger partial charge in [-0.15, -0.1) is 0 Å². The number of hydrogen-bond acceptors (Lipinski definition) is 2. The number of halogens is 2. The van der Waals surface area contributed by atoms with Gasteiger partial charge in [0.2, 0.25) is 0 Å². The van der Waals surface area contributed by atoms with Crippen molar-refractivity contribution in [3.8, 4) is 5.75 Å². The van der Waals surface area contributed by atoms with Gasteiger partial charge >= 0.3 is 0 Å². The molecule has 2 N–H and O–H groups in total. The molecule has 1 atom stereocenters. The van der Waals surface area contributed by atoms with Crippen molar-refractivity contribution >= 4 is 23.2 Å². The molecule has 1 unspecified atom stereocenters. The summed E-state index contributed by atoms with van der Waals surface area (Å²) in [5, 5.41) is 1.27. The van der Waals surface area contributed by atoms with Gasteiger partial charge in [-0.05, 0) is 48.7 Å². The Bertz CT molecular complexity index is 613.